The van der Waals surface area contributed by atoms with Crippen LogP contribution in [-0.2, 0) is 54.3 Å². The van der Waals surface area contributed by atoms with E-state index < -0.39 is 11.9 Å². The molecule has 0 aliphatic heterocycles. The number of aliphatic carboxylic acids is 2. The fraction of sp³-hybridized carbons (Fsp3) is 0.750. The predicted molar refractivity (Wildman–Crippen MR) is 45.1 cm³/mol. The van der Waals surface area contributed by atoms with Crippen molar-refractivity contribution in [3.05, 3.63) is 0 Å². The molecule has 0 amide bonds. The first-order valence-electron chi connectivity index (χ1n) is 3.92. The maximum atomic E-state index is 9.87. The Kier molecular flexibility index (Phi) is 32.6. The molecule has 0 aromatic carbocycles. The number of unbranched alkanes of at least 4 members (excludes halogenated alkanes) is 2. The number of hydrogen-bond acceptors (Lipinski definition) is 2. The Bertz CT molecular complexity index is 135. The van der Waals surface area contributed by atoms with Gasteiger partial charge < -0.3 is 10.2 Å². The van der Waals surface area contributed by atoms with Gasteiger partial charge in [0.1, 0.15) is 0 Å². The van der Waals surface area contributed by atoms with Crippen LogP contribution >= 0.6 is 0 Å². The third-order valence-corrected chi connectivity index (χ3v) is 0.994. The van der Waals surface area contributed by atoms with Gasteiger partial charge in [0.15, 0.2) is 0 Å². The number of carboxylic acid groups (broad SMARTS) is 2. The maximum Gasteiger partial charge on any atom is 0.303 e. The summed E-state index contributed by atoms with van der Waals surface area (Å²) in [5, 5.41) is 15.6. The number of carbonyl (C=O) groups is 2. The fourth-order valence-corrected chi connectivity index (χ4v) is 0.526. The number of carboxylic acids is 2. The zero-order valence-corrected chi connectivity index (χ0v) is 11.1. The molecule has 2 radical (unpaired) electrons. The molecule has 0 spiro atoms. The van der Waals surface area contributed by atoms with Gasteiger partial charge in [0.2, 0.25) is 0 Å². The van der Waals surface area contributed by atoms with E-state index in [9.17, 15) is 4.79 Å². The molecular formula is C8H16Ag2O4. The van der Waals surface area contributed by atoms with Crippen molar-refractivity contribution in [1.82, 2.24) is 0 Å². The standard InChI is InChI=1S/C6H12O2.C2H4O2.2Ag/c1-2-3-4-5-6(7)8;1-2(3)4;;/h2-5H2,1H3,(H,7,8);1H3,(H,3,4);;. The van der Waals surface area contributed by atoms with Crippen LogP contribution < -0.4 is 0 Å². The fourth-order valence-electron chi connectivity index (χ4n) is 0.526. The van der Waals surface area contributed by atoms with Crippen molar-refractivity contribution in [2.75, 3.05) is 0 Å². The van der Waals surface area contributed by atoms with Gasteiger partial charge in [-0.3, -0.25) is 9.59 Å². The van der Waals surface area contributed by atoms with E-state index >= 15 is 0 Å². The third-order valence-electron chi connectivity index (χ3n) is 0.994. The van der Waals surface area contributed by atoms with Crippen molar-refractivity contribution in [3.63, 3.8) is 0 Å². The van der Waals surface area contributed by atoms with Crippen LogP contribution in [0.25, 0.3) is 0 Å². The van der Waals surface area contributed by atoms with E-state index in [2.05, 4.69) is 6.92 Å². The van der Waals surface area contributed by atoms with Gasteiger partial charge >= 0.3 is 5.97 Å². The zero-order chi connectivity index (χ0) is 9.98. The molecule has 0 aliphatic rings. The molecule has 0 saturated heterocycles. The van der Waals surface area contributed by atoms with Crippen LogP contribution in [0.4, 0.5) is 0 Å². The first-order valence-corrected chi connectivity index (χ1v) is 3.92. The van der Waals surface area contributed by atoms with E-state index in [-0.39, 0.29) is 44.8 Å². The van der Waals surface area contributed by atoms with Crippen LogP contribution in [0.3, 0.4) is 0 Å². The van der Waals surface area contributed by atoms with Gasteiger partial charge in [0, 0.05) is 58.1 Å². The summed E-state index contributed by atoms with van der Waals surface area (Å²) < 4.78 is 0. The molecule has 0 saturated carbocycles. The molecule has 2 N–H and O–H groups in total. The maximum absolute atomic E-state index is 9.87. The third kappa shape index (κ3) is 55.1. The predicted octanol–water partition coefficient (Wildman–Crippen LogP) is 1.74. The van der Waals surface area contributed by atoms with Gasteiger partial charge in [-0.2, -0.15) is 0 Å². The Morgan fingerprint density at radius 3 is 1.64 bits per heavy atom. The molecule has 0 bridgehead atoms. The van der Waals surface area contributed by atoms with Crippen LogP contribution in [-0.4, -0.2) is 22.2 Å². The van der Waals surface area contributed by atoms with E-state index in [0.29, 0.717) is 6.42 Å². The van der Waals surface area contributed by atoms with Crippen LogP contribution in [0.2, 0.25) is 0 Å². The Morgan fingerprint density at radius 1 is 1.07 bits per heavy atom. The zero-order valence-electron chi connectivity index (χ0n) is 8.14. The quantitative estimate of drug-likeness (QED) is 0.565. The van der Waals surface area contributed by atoms with E-state index in [0.717, 1.165) is 26.2 Å². The van der Waals surface area contributed by atoms with Crippen molar-refractivity contribution in [2.24, 2.45) is 0 Å². The summed E-state index contributed by atoms with van der Waals surface area (Å²) >= 11 is 0. The largest absolute Gasteiger partial charge is 0.481 e. The van der Waals surface area contributed by atoms with Crippen LogP contribution in [0.1, 0.15) is 39.5 Å². The molecule has 0 atom stereocenters. The number of rotatable bonds is 4. The number of hydrogen-bond donors (Lipinski definition) is 2. The summed E-state index contributed by atoms with van der Waals surface area (Å²) in [5.41, 5.74) is 0. The molecule has 0 aromatic rings. The first kappa shape index (κ1) is 23.9. The van der Waals surface area contributed by atoms with Crippen molar-refractivity contribution in [1.29, 1.82) is 0 Å². The molecule has 6 heteroatoms. The Balaban J connectivity index is -0.0000000733. The first-order chi connectivity index (χ1) is 5.50. The smallest absolute Gasteiger partial charge is 0.303 e. The average molecular weight is 392 g/mol. The van der Waals surface area contributed by atoms with Crippen molar-refractivity contribution < 1.29 is 64.6 Å². The van der Waals surface area contributed by atoms with Gasteiger partial charge in [-0.15, -0.1) is 0 Å². The summed E-state index contributed by atoms with van der Waals surface area (Å²) in [5.74, 6) is -1.52. The molecule has 14 heavy (non-hydrogen) atoms. The minimum atomic E-state index is -0.833. The molecular weight excluding hydrogens is 376 g/mol. The van der Waals surface area contributed by atoms with Crippen LogP contribution in [0.15, 0.2) is 0 Å². The normalized spacial score (nSPS) is 7.00. The summed E-state index contributed by atoms with van der Waals surface area (Å²) in [6.07, 6.45) is 3.28. The monoisotopic (exact) mass is 390 g/mol. The molecule has 4 nitrogen and oxygen atoms in total. The molecule has 0 fully saturated rings. The summed E-state index contributed by atoms with van der Waals surface area (Å²) in [7, 11) is 0. The second-order valence-corrected chi connectivity index (χ2v) is 2.37. The van der Waals surface area contributed by atoms with Crippen molar-refractivity contribution in [2.45, 2.75) is 39.5 Å². The van der Waals surface area contributed by atoms with E-state index in [1.54, 1.807) is 0 Å². The van der Waals surface area contributed by atoms with Gasteiger partial charge in [-0.1, -0.05) is 19.8 Å². The van der Waals surface area contributed by atoms with Crippen molar-refractivity contribution in [3.8, 4) is 0 Å². The van der Waals surface area contributed by atoms with E-state index in [1.165, 1.54) is 0 Å². The molecule has 0 rings (SSSR count). The van der Waals surface area contributed by atoms with Gasteiger partial charge in [-0.05, 0) is 6.42 Å². The molecule has 0 aliphatic carbocycles. The van der Waals surface area contributed by atoms with Crippen LogP contribution in [0.5, 0.6) is 0 Å². The van der Waals surface area contributed by atoms with Gasteiger partial charge in [0.25, 0.3) is 5.97 Å². The van der Waals surface area contributed by atoms with Crippen molar-refractivity contribution >= 4 is 11.9 Å². The molecule has 0 heterocycles. The minimum absolute atomic E-state index is 0. The summed E-state index contributed by atoms with van der Waals surface area (Å²) in [6.45, 7) is 3.14. The summed E-state index contributed by atoms with van der Waals surface area (Å²) in [6, 6.07) is 0. The molecule has 0 aromatic heterocycles. The molecule has 94 valence electrons. The van der Waals surface area contributed by atoms with Crippen LogP contribution in [0, 0.1) is 0 Å². The molecule has 0 unspecified atom stereocenters. The van der Waals surface area contributed by atoms with E-state index in [4.69, 9.17) is 15.0 Å². The van der Waals surface area contributed by atoms with Gasteiger partial charge in [0.05, 0.1) is 0 Å². The SMILES string of the molecule is CC(=O)O.CCCCCC(=O)O.[Ag].[Ag]. The Labute approximate surface area is 115 Å². The summed E-state index contributed by atoms with van der Waals surface area (Å²) in [4.78, 5) is 18.9. The minimum Gasteiger partial charge on any atom is -0.481 e. The second-order valence-electron chi connectivity index (χ2n) is 2.37. The Hall–Kier alpha value is 0.421. The average Bonchev–Trinajstić information content (AvgIpc) is 1.86. The van der Waals surface area contributed by atoms with E-state index in [1.807, 2.05) is 0 Å². The van der Waals surface area contributed by atoms with Gasteiger partial charge in [-0.25, -0.2) is 0 Å². The Morgan fingerprint density at radius 2 is 1.43 bits per heavy atom. The second kappa shape index (κ2) is 19.1. The topological polar surface area (TPSA) is 74.6 Å².